The number of aliphatic hydroxyl groups is 1. The van der Waals surface area contributed by atoms with E-state index >= 15 is 0 Å². The van der Waals surface area contributed by atoms with Crippen LogP contribution in [0, 0.1) is 0 Å². The summed E-state index contributed by atoms with van der Waals surface area (Å²) in [6.45, 7) is 1.86. The molecule has 0 spiro atoms. The number of hydrogen-bond acceptors (Lipinski definition) is 4. The SMILES string of the molecule is CCCC(=O)N[C@@H]1CS(=O)(=O)C[C@@H]1O. The number of carbonyl (C=O) groups excluding carboxylic acids is 1. The molecule has 1 rings (SSSR count). The second kappa shape index (κ2) is 4.27. The summed E-state index contributed by atoms with van der Waals surface area (Å²) >= 11 is 0. The topological polar surface area (TPSA) is 83.5 Å². The highest BCUT2D eigenvalue weighted by molar-refractivity contribution is 7.91. The highest BCUT2D eigenvalue weighted by atomic mass is 32.2. The van der Waals surface area contributed by atoms with Crippen molar-refractivity contribution in [3.63, 3.8) is 0 Å². The van der Waals surface area contributed by atoms with Gasteiger partial charge in [0.1, 0.15) is 0 Å². The lowest BCUT2D eigenvalue weighted by Crippen LogP contribution is -2.42. The van der Waals surface area contributed by atoms with Crippen LogP contribution >= 0.6 is 0 Å². The fraction of sp³-hybridized carbons (Fsp3) is 0.875. The Hall–Kier alpha value is -0.620. The van der Waals surface area contributed by atoms with Crippen LogP contribution in [0.4, 0.5) is 0 Å². The summed E-state index contributed by atoms with van der Waals surface area (Å²) in [6.07, 6.45) is 0.116. The molecular formula is C8H15NO4S. The first-order valence-electron chi connectivity index (χ1n) is 4.62. The Morgan fingerprint density at radius 3 is 2.57 bits per heavy atom. The van der Waals surface area contributed by atoms with E-state index in [1.165, 1.54) is 0 Å². The van der Waals surface area contributed by atoms with Crippen molar-refractivity contribution in [2.24, 2.45) is 0 Å². The van der Waals surface area contributed by atoms with Gasteiger partial charge >= 0.3 is 0 Å². The molecule has 1 aliphatic heterocycles. The number of aliphatic hydroxyl groups excluding tert-OH is 1. The largest absolute Gasteiger partial charge is 0.390 e. The Balaban J connectivity index is 2.51. The highest BCUT2D eigenvalue weighted by Crippen LogP contribution is 2.12. The molecule has 0 unspecified atom stereocenters. The third-order valence-corrected chi connectivity index (χ3v) is 3.86. The molecule has 2 atom stereocenters. The number of carbonyl (C=O) groups is 1. The molecule has 0 aromatic heterocycles. The number of hydrogen-bond donors (Lipinski definition) is 2. The van der Waals surface area contributed by atoms with Crippen molar-refractivity contribution < 1.29 is 18.3 Å². The molecule has 14 heavy (non-hydrogen) atoms. The van der Waals surface area contributed by atoms with Gasteiger partial charge in [0, 0.05) is 6.42 Å². The van der Waals surface area contributed by atoms with E-state index in [0.717, 1.165) is 0 Å². The van der Waals surface area contributed by atoms with Crippen LogP contribution in [0.1, 0.15) is 19.8 Å². The lowest BCUT2D eigenvalue weighted by molar-refractivity contribution is -0.122. The van der Waals surface area contributed by atoms with Gasteiger partial charge in [-0.15, -0.1) is 0 Å². The zero-order valence-electron chi connectivity index (χ0n) is 8.06. The van der Waals surface area contributed by atoms with Crippen LogP contribution in [0.25, 0.3) is 0 Å². The Bertz CT molecular complexity index is 311. The number of nitrogens with one attached hydrogen (secondary N) is 1. The molecular weight excluding hydrogens is 206 g/mol. The Morgan fingerprint density at radius 2 is 2.14 bits per heavy atom. The van der Waals surface area contributed by atoms with Crippen molar-refractivity contribution in [3.05, 3.63) is 0 Å². The molecule has 1 aliphatic rings. The molecule has 1 fully saturated rings. The lowest BCUT2D eigenvalue weighted by Gasteiger charge is -2.14. The fourth-order valence-electron chi connectivity index (χ4n) is 1.47. The van der Waals surface area contributed by atoms with E-state index < -0.39 is 22.0 Å². The van der Waals surface area contributed by atoms with Crippen LogP contribution in [0.5, 0.6) is 0 Å². The Morgan fingerprint density at radius 1 is 1.50 bits per heavy atom. The van der Waals surface area contributed by atoms with Gasteiger partial charge in [-0.2, -0.15) is 0 Å². The summed E-state index contributed by atoms with van der Waals surface area (Å²) < 4.78 is 22.2. The Kier molecular flexibility index (Phi) is 3.49. The molecule has 6 heteroatoms. The van der Waals surface area contributed by atoms with E-state index in [4.69, 9.17) is 0 Å². The zero-order chi connectivity index (χ0) is 10.8. The van der Waals surface area contributed by atoms with Crippen LogP contribution in [-0.4, -0.2) is 43.1 Å². The van der Waals surface area contributed by atoms with Gasteiger partial charge in [-0.05, 0) is 6.42 Å². The van der Waals surface area contributed by atoms with Crippen molar-refractivity contribution in [2.75, 3.05) is 11.5 Å². The second-order valence-corrected chi connectivity index (χ2v) is 5.72. The minimum absolute atomic E-state index is 0.149. The maximum atomic E-state index is 11.1. The summed E-state index contributed by atoms with van der Waals surface area (Å²) in [7, 11) is -3.17. The quantitative estimate of drug-likeness (QED) is 0.644. The van der Waals surface area contributed by atoms with Crippen molar-refractivity contribution in [2.45, 2.75) is 31.9 Å². The first kappa shape index (κ1) is 11.5. The van der Waals surface area contributed by atoms with Gasteiger partial charge in [0.25, 0.3) is 0 Å². The molecule has 2 N–H and O–H groups in total. The third kappa shape index (κ3) is 2.95. The van der Waals surface area contributed by atoms with E-state index in [9.17, 15) is 18.3 Å². The first-order valence-corrected chi connectivity index (χ1v) is 6.44. The van der Waals surface area contributed by atoms with Crippen LogP contribution in [-0.2, 0) is 14.6 Å². The maximum absolute atomic E-state index is 11.1. The van der Waals surface area contributed by atoms with Gasteiger partial charge < -0.3 is 10.4 Å². The summed E-state index contributed by atoms with van der Waals surface area (Å²) in [4.78, 5) is 11.1. The normalized spacial score (nSPS) is 30.1. The monoisotopic (exact) mass is 221 g/mol. The van der Waals surface area contributed by atoms with E-state index in [0.29, 0.717) is 12.8 Å². The van der Waals surface area contributed by atoms with Gasteiger partial charge in [0.15, 0.2) is 9.84 Å². The summed E-state index contributed by atoms with van der Waals surface area (Å²) in [5.41, 5.74) is 0. The van der Waals surface area contributed by atoms with Gasteiger partial charge in [-0.1, -0.05) is 6.92 Å². The predicted molar refractivity (Wildman–Crippen MR) is 51.5 cm³/mol. The van der Waals surface area contributed by atoms with Crippen LogP contribution in [0.2, 0.25) is 0 Å². The molecule has 1 amide bonds. The average Bonchev–Trinajstić information content (AvgIpc) is 2.25. The van der Waals surface area contributed by atoms with E-state index in [1.807, 2.05) is 6.92 Å². The first-order chi connectivity index (χ1) is 6.44. The second-order valence-electron chi connectivity index (χ2n) is 3.57. The van der Waals surface area contributed by atoms with Crippen molar-refractivity contribution in [3.8, 4) is 0 Å². The number of rotatable bonds is 3. The molecule has 0 aromatic rings. The smallest absolute Gasteiger partial charge is 0.220 e. The Labute approximate surface area is 83.4 Å². The van der Waals surface area contributed by atoms with E-state index in [2.05, 4.69) is 5.32 Å². The van der Waals surface area contributed by atoms with Gasteiger partial charge in [-0.25, -0.2) is 8.42 Å². The van der Waals surface area contributed by atoms with Gasteiger partial charge in [-0.3, -0.25) is 4.79 Å². The fourth-order valence-corrected chi connectivity index (χ4v) is 3.21. The number of sulfone groups is 1. The summed E-state index contributed by atoms with van der Waals surface area (Å²) in [5.74, 6) is -0.595. The number of amides is 1. The van der Waals surface area contributed by atoms with Crippen LogP contribution in [0.3, 0.4) is 0 Å². The highest BCUT2D eigenvalue weighted by Gasteiger charge is 2.36. The molecule has 0 aromatic carbocycles. The standard InChI is InChI=1S/C8H15NO4S/c1-2-3-8(11)9-6-4-14(12,13)5-7(6)10/h6-7,10H,2-5H2,1H3,(H,9,11)/t6-,7+/m1/s1. The predicted octanol–water partition coefficient (Wildman–Crippen LogP) is -0.939. The van der Waals surface area contributed by atoms with Crippen molar-refractivity contribution in [1.29, 1.82) is 0 Å². The summed E-state index contributed by atoms with van der Waals surface area (Å²) in [6, 6.07) is -0.626. The molecule has 0 radical (unpaired) electrons. The molecule has 82 valence electrons. The zero-order valence-corrected chi connectivity index (χ0v) is 8.88. The van der Waals surface area contributed by atoms with Gasteiger partial charge in [0.2, 0.25) is 5.91 Å². The van der Waals surface area contributed by atoms with Gasteiger partial charge in [0.05, 0.1) is 23.7 Å². The van der Waals surface area contributed by atoms with Crippen LogP contribution in [0.15, 0.2) is 0 Å². The van der Waals surface area contributed by atoms with Crippen molar-refractivity contribution >= 4 is 15.7 Å². The van der Waals surface area contributed by atoms with E-state index in [-0.39, 0.29) is 17.4 Å². The molecule has 5 nitrogen and oxygen atoms in total. The molecule has 1 heterocycles. The van der Waals surface area contributed by atoms with E-state index in [1.54, 1.807) is 0 Å². The van der Waals surface area contributed by atoms with Crippen molar-refractivity contribution in [1.82, 2.24) is 5.32 Å². The van der Waals surface area contributed by atoms with Crippen LogP contribution < -0.4 is 5.32 Å². The summed E-state index contributed by atoms with van der Waals surface area (Å²) in [5, 5.41) is 11.9. The average molecular weight is 221 g/mol. The minimum atomic E-state index is -3.17. The third-order valence-electron chi connectivity index (χ3n) is 2.15. The lowest BCUT2D eigenvalue weighted by atomic mass is 10.2. The molecule has 1 saturated heterocycles. The molecule has 0 saturated carbocycles. The minimum Gasteiger partial charge on any atom is -0.390 e. The molecule has 0 aliphatic carbocycles. The molecule has 0 bridgehead atoms. The maximum Gasteiger partial charge on any atom is 0.220 e.